The van der Waals surface area contributed by atoms with Crippen LogP contribution in [0.2, 0.25) is 0 Å². The minimum absolute atomic E-state index is 0.0257. The average molecular weight is 419 g/mol. The third-order valence-electron chi connectivity index (χ3n) is 4.49. The molecule has 2 aromatic carbocycles. The number of aliphatic hydroxyl groups is 1. The van der Waals surface area contributed by atoms with Gasteiger partial charge in [-0.15, -0.1) is 0 Å². The van der Waals surface area contributed by atoms with E-state index in [1.807, 2.05) is 12.1 Å². The van der Waals surface area contributed by atoms with Crippen LogP contribution in [0, 0.1) is 0 Å². The summed E-state index contributed by atoms with van der Waals surface area (Å²) >= 11 is 0. The van der Waals surface area contributed by atoms with Crippen molar-refractivity contribution in [2.75, 3.05) is 33.4 Å². The van der Waals surface area contributed by atoms with Gasteiger partial charge in [-0.1, -0.05) is 6.07 Å². The first kappa shape index (κ1) is 21.5. The lowest BCUT2D eigenvalue weighted by Gasteiger charge is -2.24. The first-order valence-corrected chi connectivity index (χ1v) is 9.50. The van der Waals surface area contributed by atoms with Gasteiger partial charge in [0.1, 0.15) is 25.1 Å². The molecule has 2 atom stereocenters. The van der Waals surface area contributed by atoms with E-state index in [0.717, 1.165) is 5.56 Å². The standard InChI is InChI=1S/C21H25NO8/c1-27-18-9-14(23)3-5-16(18)28-11-15(24)10-22-7-6-13-2-4-17-19(8-13)29-12-20(30-17)21(25)26/h2-5,8-9,15,20,22-24H,6-7,10-12H2,1H3,(H,25,26). The Hall–Kier alpha value is -3.17. The molecule has 30 heavy (non-hydrogen) atoms. The molecule has 0 bridgehead atoms. The molecule has 0 radical (unpaired) electrons. The highest BCUT2D eigenvalue weighted by Crippen LogP contribution is 2.33. The number of benzene rings is 2. The maximum absolute atomic E-state index is 11.0. The van der Waals surface area contributed by atoms with E-state index in [1.54, 1.807) is 12.1 Å². The van der Waals surface area contributed by atoms with Gasteiger partial charge in [0, 0.05) is 12.6 Å². The summed E-state index contributed by atoms with van der Waals surface area (Å²) in [4.78, 5) is 11.0. The number of fused-ring (bicyclic) bond motifs is 1. The van der Waals surface area contributed by atoms with Gasteiger partial charge in [0.2, 0.25) is 6.10 Å². The van der Waals surface area contributed by atoms with Crippen molar-refractivity contribution in [2.45, 2.75) is 18.6 Å². The zero-order valence-electron chi connectivity index (χ0n) is 16.5. The van der Waals surface area contributed by atoms with Crippen LogP contribution in [-0.4, -0.2) is 66.9 Å². The van der Waals surface area contributed by atoms with E-state index >= 15 is 0 Å². The van der Waals surface area contributed by atoms with Crippen LogP contribution < -0.4 is 24.3 Å². The van der Waals surface area contributed by atoms with Crippen molar-refractivity contribution in [3.05, 3.63) is 42.0 Å². The van der Waals surface area contributed by atoms with Crippen molar-refractivity contribution in [2.24, 2.45) is 0 Å². The number of carboxylic acids is 1. The fourth-order valence-corrected chi connectivity index (χ4v) is 2.91. The minimum Gasteiger partial charge on any atom is -0.508 e. The van der Waals surface area contributed by atoms with Gasteiger partial charge in [0.15, 0.2) is 23.0 Å². The number of methoxy groups -OCH3 is 1. The molecule has 2 aromatic rings. The Kier molecular flexibility index (Phi) is 7.21. The number of hydrogen-bond donors (Lipinski definition) is 4. The van der Waals surface area contributed by atoms with Crippen LogP contribution in [-0.2, 0) is 11.2 Å². The molecule has 0 fully saturated rings. The van der Waals surface area contributed by atoms with Crippen LogP contribution in [0.1, 0.15) is 5.56 Å². The van der Waals surface area contributed by atoms with Gasteiger partial charge in [-0.2, -0.15) is 0 Å². The first-order valence-electron chi connectivity index (χ1n) is 9.50. The second-order valence-electron chi connectivity index (χ2n) is 6.79. The Morgan fingerprint density at radius 1 is 1.23 bits per heavy atom. The summed E-state index contributed by atoms with van der Waals surface area (Å²) < 4.78 is 21.5. The Balaban J connectivity index is 1.39. The monoisotopic (exact) mass is 419 g/mol. The normalized spacial score (nSPS) is 16.0. The fourth-order valence-electron chi connectivity index (χ4n) is 2.91. The lowest BCUT2D eigenvalue weighted by Crippen LogP contribution is -2.36. The van der Waals surface area contributed by atoms with E-state index < -0.39 is 18.2 Å². The van der Waals surface area contributed by atoms with Crippen LogP contribution >= 0.6 is 0 Å². The molecule has 162 valence electrons. The second-order valence-corrected chi connectivity index (χ2v) is 6.79. The minimum atomic E-state index is -1.06. The molecule has 0 aromatic heterocycles. The molecule has 2 unspecified atom stereocenters. The summed E-state index contributed by atoms with van der Waals surface area (Å²) in [5.41, 5.74) is 0.998. The van der Waals surface area contributed by atoms with Crippen molar-refractivity contribution < 1.29 is 39.1 Å². The summed E-state index contributed by atoms with van der Waals surface area (Å²) in [6.45, 7) is 1.01. The molecule has 1 aliphatic heterocycles. The number of aliphatic carboxylic acids is 1. The smallest absolute Gasteiger partial charge is 0.348 e. The lowest BCUT2D eigenvalue weighted by molar-refractivity contribution is -0.147. The topological polar surface area (TPSA) is 127 Å². The summed E-state index contributed by atoms with van der Waals surface area (Å²) in [5, 5.41) is 31.7. The molecular weight excluding hydrogens is 394 g/mol. The van der Waals surface area contributed by atoms with Crippen molar-refractivity contribution >= 4 is 5.97 Å². The number of rotatable bonds is 10. The number of nitrogens with one attached hydrogen (secondary N) is 1. The Morgan fingerprint density at radius 3 is 2.83 bits per heavy atom. The molecule has 9 heteroatoms. The molecular formula is C21H25NO8. The van der Waals surface area contributed by atoms with E-state index in [0.29, 0.717) is 42.5 Å². The van der Waals surface area contributed by atoms with Crippen LogP contribution in [0.5, 0.6) is 28.7 Å². The van der Waals surface area contributed by atoms with E-state index in [4.69, 9.17) is 24.1 Å². The average Bonchev–Trinajstić information content (AvgIpc) is 2.75. The predicted molar refractivity (Wildman–Crippen MR) is 107 cm³/mol. The first-order chi connectivity index (χ1) is 14.5. The van der Waals surface area contributed by atoms with Crippen molar-refractivity contribution in [3.8, 4) is 28.7 Å². The predicted octanol–water partition coefficient (Wildman–Crippen LogP) is 1.20. The number of aliphatic hydroxyl groups excluding tert-OH is 1. The summed E-state index contributed by atoms with van der Waals surface area (Å²) in [6, 6.07) is 9.88. The number of phenols is 1. The number of carbonyl (C=O) groups is 1. The fraction of sp³-hybridized carbons (Fsp3) is 0.381. The Morgan fingerprint density at radius 2 is 2.07 bits per heavy atom. The summed E-state index contributed by atoms with van der Waals surface area (Å²) in [6.07, 6.45) is -1.02. The third-order valence-corrected chi connectivity index (χ3v) is 4.49. The maximum atomic E-state index is 11.0. The van der Waals surface area contributed by atoms with Crippen LogP contribution in [0.3, 0.4) is 0 Å². The highest BCUT2D eigenvalue weighted by atomic mass is 16.6. The van der Waals surface area contributed by atoms with E-state index in [9.17, 15) is 15.0 Å². The zero-order valence-corrected chi connectivity index (χ0v) is 16.5. The largest absolute Gasteiger partial charge is 0.508 e. The van der Waals surface area contributed by atoms with Gasteiger partial charge < -0.3 is 39.6 Å². The molecule has 9 nitrogen and oxygen atoms in total. The number of hydrogen-bond acceptors (Lipinski definition) is 8. The highest BCUT2D eigenvalue weighted by Gasteiger charge is 2.27. The third kappa shape index (κ3) is 5.68. The molecule has 1 aliphatic rings. The molecule has 3 rings (SSSR count). The van der Waals surface area contributed by atoms with Crippen LogP contribution in [0.15, 0.2) is 36.4 Å². The summed E-state index contributed by atoms with van der Waals surface area (Å²) in [5.74, 6) is 0.797. The molecule has 0 aliphatic carbocycles. The molecule has 0 spiro atoms. The second kappa shape index (κ2) is 10.0. The van der Waals surface area contributed by atoms with Gasteiger partial charge in [0.05, 0.1) is 7.11 Å². The van der Waals surface area contributed by atoms with Crippen molar-refractivity contribution in [1.82, 2.24) is 5.32 Å². The summed E-state index contributed by atoms with van der Waals surface area (Å²) in [7, 11) is 1.47. The van der Waals surface area contributed by atoms with Gasteiger partial charge in [-0.3, -0.25) is 0 Å². The van der Waals surface area contributed by atoms with E-state index in [2.05, 4.69) is 5.32 Å². The molecule has 0 saturated heterocycles. The highest BCUT2D eigenvalue weighted by molar-refractivity contribution is 5.73. The number of phenolic OH excluding ortho intramolecular Hbond substituents is 1. The maximum Gasteiger partial charge on any atom is 0.348 e. The van der Waals surface area contributed by atoms with Crippen LogP contribution in [0.25, 0.3) is 0 Å². The number of carboxylic acid groups (broad SMARTS) is 1. The van der Waals surface area contributed by atoms with Gasteiger partial charge in [-0.05, 0) is 42.8 Å². The lowest BCUT2D eigenvalue weighted by atomic mass is 10.1. The molecule has 0 saturated carbocycles. The number of ether oxygens (including phenoxy) is 4. The van der Waals surface area contributed by atoms with Gasteiger partial charge in [-0.25, -0.2) is 4.79 Å². The molecule has 0 amide bonds. The molecule has 1 heterocycles. The van der Waals surface area contributed by atoms with Crippen molar-refractivity contribution in [3.63, 3.8) is 0 Å². The van der Waals surface area contributed by atoms with Crippen molar-refractivity contribution in [1.29, 1.82) is 0 Å². The Labute approximate surface area is 173 Å². The zero-order chi connectivity index (χ0) is 21.5. The van der Waals surface area contributed by atoms with Crippen LogP contribution in [0.4, 0.5) is 0 Å². The van der Waals surface area contributed by atoms with E-state index in [-0.39, 0.29) is 19.0 Å². The SMILES string of the molecule is COc1cc(O)ccc1OCC(O)CNCCc1ccc2c(c1)OCC(C(=O)O)O2. The van der Waals surface area contributed by atoms with E-state index in [1.165, 1.54) is 19.2 Å². The Bertz CT molecular complexity index is 872. The van der Waals surface area contributed by atoms with Gasteiger partial charge >= 0.3 is 5.97 Å². The number of aromatic hydroxyl groups is 1. The quantitative estimate of drug-likeness (QED) is 0.420. The van der Waals surface area contributed by atoms with Gasteiger partial charge in [0.25, 0.3) is 0 Å². The molecule has 4 N–H and O–H groups in total.